The Labute approximate surface area is 203 Å². The van der Waals surface area contributed by atoms with E-state index in [1.54, 1.807) is 23.6 Å². The van der Waals surface area contributed by atoms with Crippen LogP contribution in [0.1, 0.15) is 61.9 Å². The van der Waals surface area contributed by atoms with Crippen molar-refractivity contribution in [3.63, 3.8) is 0 Å². The molecule has 0 saturated heterocycles. The van der Waals surface area contributed by atoms with Crippen LogP contribution < -0.4 is 5.56 Å². The molecule has 0 saturated carbocycles. The molecular weight excluding hydrogens is 446 g/mol. The number of esters is 1. The number of pyridine rings is 2. The summed E-state index contributed by atoms with van der Waals surface area (Å²) in [5.74, 6) is -0.557. The van der Waals surface area contributed by atoms with Crippen LogP contribution in [0, 0.1) is 0 Å². The van der Waals surface area contributed by atoms with Crippen LogP contribution in [0.2, 0.25) is 0 Å². The summed E-state index contributed by atoms with van der Waals surface area (Å²) in [4.78, 5) is 33.3. The zero-order chi connectivity index (χ0) is 25.1. The van der Waals surface area contributed by atoms with Gasteiger partial charge in [0.05, 0.1) is 29.0 Å². The molecule has 0 unspecified atom stereocenters. The van der Waals surface area contributed by atoms with Crippen molar-refractivity contribution in [2.75, 3.05) is 13.1 Å². The summed E-state index contributed by atoms with van der Waals surface area (Å²) in [7, 11) is 0. The van der Waals surface area contributed by atoms with Crippen LogP contribution in [0.25, 0.3) is 22.3 Å². The molecule has 0 spiro atoms. The second-order valence-electron chi connectivity index (χ2n) is 9.30. The van der Waals surface area contributed by atoms with Crippen molar-refractivity contribution in [2.45, 2.75) is 65.8 Å². The number of aryl methyl sites for hydroxylation is 1. The summed E-state index contributed by atoms with van der Waals surface area (Å²) in [6, 6.07) is 5.35. The number of aliphatic hydroxyl groups is 1. The van der Waals surface area contributed by atoms with Gasteiger partial charge in [0.1, 0.15) is 12.4 Å². The van der Waals surface area contributed by atoms with Crippen molar-refractivity contribution in [1.29, 1.82) is 0 Å². The number of hydrogen-bond donors (Lipinski definition) is 2. The van der Waals surface area contributed by atoms with E-state index in [2.05, 4.69) is 18.7 Å². The molecule has 184 valence electrons. The number of phenolic OH excluding ortho intramolecular Hbond substituents is 1. The van der Waals surface area contributed by atoms with Gasteiger partial charge in [0.25, 0.3) is 5.56 Å². The largest absolute Gasteiger partial charge is 0.507 e. The molecule has 2 aromatic heterocycles. The van der Waals surface area contributed by atoms with Crippen molar-refractivity contribution in [2.24, 2.45) is 0 Å². The Morgan fingerprint density at radius 2 is 1.89 bits per heavy atom. The van der Waals surface area contributed by atoms with Gasteiger partial charge in [0.15, 0.2) is 5.60 Å². The van der Waals surface area contributed by atoms with E-state index in [0.717, 1.165) is 47.1 Å². The van der Waals surface area contributed by atoms with Gasteiger partial charge >= 0.3 is 5.97 Å². The standard InChI is InChI=1S/C27H31N3O5/c1-5-15-9-10-21(31)22-16(12-29(7-3)8-4)17-13-30-20(24(17)28-23(15)22)11-19-18(25(30)32)14-35-26(33)27(19,34)6-2/h9-11,31,34H,5-8,12-14H2,1-4H3/t27-/m0/s1. The second kappa shape index (κ2) is 8.46. The summed E-state index contributed by atoms with van der Waals surface area (Å²) in [6.07, 6.45) is 0.840. The molecular formula is C27H31N3O5. The minimum atomic E-state index is -1.86. The molecule has 2 N–H and O–H groups in total. The molecule has 0 amide bonds. The van der Waals surface area contributed by atoms with Crippen molar-refractivity contribution in [3.8, 4) is 17.1 Å². The summed E-state index contributed by atoms with van der Waals surface area (Å²) >= 11 is 0. The third kappa shape index (κ3) is 3.31. The summed E-state index contributed by atoms with van der Waals surface area (Å²) in [5.41, 5.74) is 3.28. The van der Waals surface area contributed by atoms with E-state index in [4.69, 9.17) is 9.72 Å². The molecule has 0 bridgehead atoms. The van der Waals surface area contributed by atoms with Crippen LogP contribution in [0.15, 0.2) is 23.0 Å². The first kappa shape index (κ1) is 23.5. The maximum Gasteiger partial charge on any atom is 0.343 e. The monoisotopic (exact) mass is 477 g/mol. The zero-order valence-electron chi connectivity index (χ0n) is 20.6. The number of aromatic nitrogens is 2. The summed E-state index contributed by atoms with van der Waals surface area (Å²) in [5, 5.41) is 22.8. The molecule has 8 heteroatoms. The van der Waals surface area contributed by atoms with Gasteiger partial charge in [0, 0.05) is 23.1 Å². The number of carbonyl (C=O) groups excluding carboxylic acids is 1. The fourth-order valence-electron chi connectivity index (χ4n) is 5.45. The number of benzene rings is 1. The number of ether oxygens (including phenoxy) is 1. The van der Waals surface area contributed by atoms with Crippen molar-refractivity contribution >= 4 is 16.9 Å². The quantitative estimate of drug-likeness (QED) is 0.411. The minimum Gasteiger partial charge on any atom is -0.507 e. The van der Waals surface area contributed by atoms with Gasteiger partial charge in [-0.1, -0.05) is 33.8 Å². The minimum absolute atomic E-state index is 0.0980. The molecule has 35 heavy (non-hydrogen) atoms. The Kier molecular flexibility index (Phi) is 5.68. The molecule has 0 fully saturated rings. The molecule has 1 aromatic carbocycles. The fourth-order valence-corrected chi connectivity index (χ4v) is 5.45. The average molecular weight is 478 g/mol. The molecule has 8 nitrogen and oxygen atoms in total. The summed E-state index contributed by atoms with van der Waals surface area (Å²) < 4.78 is 6.84. The predicted molar refractivity (Wildman–Crippen MR) is 132 cm³/mol. The van der Waals surface area contributed by atoms with E-state index in [9.17, 15) is 19.8 Å². The number of phenols is 1. The number of aromatic hydroxyl groups is 1. The van der Waals surface area contributed by atoms with E-state index in [-0.39, 0.29) is 24.3 Å². The Hall–Kier alpha value is -3.23. The summed E-state index contributed by atoms with van der Waals surface area (Å²) in [6.45, 7) is 10.4. The fraction of sp³-hybridized carbons (Fsp3) is 0.444. The lowest BCUT2D eigenvalue weighted by atomic mass is 9.86. The number of rotatable bonds is 6. The van der Waals surface area contributed by atoms with E-state index >= 15 is 0 Å². The molecule has 2 aliphatic rings. The number of carbonyl (C=O) groups is 1. The number of cyclic esters (lactones) is 1. The van der Waals surface area contributed by atoms with Crippen molar-refractivity contribution in [3.05, 3.63) is 56.4 Å². The second-order valence-corrected chi connectivity index (χ2v) is 9.30. The van der Waals surface area contributed by atoms with Crippen LogP contribution in [0.3, 0.4) is 0 Å². The zero-order valence-corrected chi connectivity index (χ0v) is 20.6. The average Bonchev–Trinajstić information content (AvgIpc) is 3.24. The molecule has 0 aliphatic carbocycles. The van der Waals surface area contributed by atoms with E-state index < -0.39 is 11.6 Å². The highest BCUT2D eigenvalue weighted by Crippen LogP contribution is 2.42. The SMILES string of the molecule is CCc1ccc(O)c2c(CN(CC)CC)c3c(nc12)-c1cc2c(c(=O)n1C3)COC(=O)[C@]2(O)CC. The third-order valence-corrected chi connectivity index (χ3v) is 7.67. The normalized spacial score (nSPS) is 18.5. The maximum atomic E-state index is 13.6. The van der Waals surface area contributed by atoms with Gasteiger partial charge < -0.3 is 19.5 Å². The highest BCUT2D eigenvalue weighted by molar-refractivity contribution is 5.94. The molecule has 0 radical (unpaired) electrons. The molecule has 5 rings (SSSR count). The Morgan fingerprint density at radius 3 is 2.54 bits per heavy atom. The smallest absolute Gasteiger partial charge is 0.343 e. The van der Waals surface area contributed by atoms with Gasteiger partial charge in [0.2, 0.25) is 0 Å². The molecule has 1 atom stereocenters. The number of fused-ring (bicyclic) bond motifs is 5. The third-order valence-electron chi connectivity index (χ3n) is 7.67. The first-order valence-electron chi connectivity index (χ1n) is 12.3. The van der Waals surface area contributed by atoms with Crippen LogP contribution in [-0.2, 0) is 41.2 Å². The van der Waals surface area contributed by atoms with Crippen LogP contribution in [0.5, 0.6) is 5.75 Å². The van der Waals surface area contributed by atoms with E-state index in [1.807, 2.05) is 13.0 Å². The lowest BCUT2D eigenvalue weighted by molar-refractivity contribution is -0.172. The first-order valence-corrected chi connectivity index (χ1v) is 12.3. The van der Waals surface area contributed by atoms with Gasteiger partial charge in [-0.3, -0.25) is 9.69 Å². The predicted octanol–water partition coefficient (Wildman–Crippen LogP) is 3.19. The van der Waals surface area contributed by atoms with Gasteiger partial charge in [-0.05, 0) is 49.2 Å². The lowest BCUT2D eigenvalue weighted by Gasteiger charge is -2.31. The van der Waals surface area contributed by atoms with Crippen LogP contribution >= 0.6 is 0 Å². The maximum absolute atomic E-state index is 13.6. The van der Waals surface area contributed by atoms with Crippen LogP contribution in [-0.4, -0.2) is 43.7 Å². The first-order chi connectivity index (χ1) is 16.8. The Morgan fingerprint density at radius 1 is 1.14 bits per heavy atom. The van der Waals surface area contributed by atoms with E-state index in [1.165, 1.54) is 0 Å². The topological polar surface area (TPSA) is 105 Å². The highest BCUT2D eigenvalue weighted by Gasteiger charge is 2.45. The van der Waals surface area contributed by atoms with Crippen LogP contribution in [0.4, 0.5) is 0 Å². The van der Waals surface area contributed by atoms with E-state index in [0.29, 0.717) is 35.6 Å². The molecule has 2 aliphatic heterocycles. The molecule has 4 heterocycles. The van der Waals surface area contributed by atoms with Crippen molar-refractivity contribution in [1.82, 2.24) is 14.5 Å². The van der Waals surface area contributed by atoms with Gasteiger partial charge in [-0.15, -0.1) is 0 Å². The Bertz CT molecular complexity index is 1420. The number of hydrogen-bond acceptors (Lipinski definition) is 7. The van der Waals surface area contributed by atoms with Gasteiger partial charge in [-0.2, -0.15) is 0 Å². The lowest BCUT2D eigenvalue weighted by Crippen LogP contribution is -2.44. The Balaban J connectivity index is 1.84. The highest BCUT2D eigenvalue weighted by atomic mass is 16.6. The van der Waals surface area contributed by atoms with Gasteiger partial charge in [-0.25, -0.2) is 9.78 Å². The molecule has 3 aromatic rings. The number of nitrogens with zero attached hydrogens (tertiary/aromatic N) is 3. The van der Waals surface area contributed by atoms with Crippen molar-refractivity contribution < 1.29 is 19.7 Å².